The quantitative estimate of drug-likeness (QED) is 0.811. The van der Waals surface area contributed by atoms with E-state index < -0.39 is 0 Å². The van der Waals surface area contributed by atoms with Crippen molar-refractivity contribution in [1.82, 2.24) is 4.90 Å². The van der Waals surface area contributed by atoms with Crippen LogP contribution in [0.1, 0.15) is 12.8 Å². The summed E-state index contributed by atoms with van der Waals surface area (Å²) < 4.78 is 0. The molecule has 1 aromatic rings. The van der Waals surface area contributed by atoms with Gasteiger partial charge in [-0.2, -0.15) is 0 Å². The molecule has 5 nitrogen and oxygen atoms in total. The Bertz CT molecular complexity index is 409. The fourth-order valence-electron chi connectivity index (χ4n) is 2.65. The predicted molar refractivity (Wildman–Crippen MR) is 73.9 cm³/mol. The summed E-state index contributed by atoms with van der Waals surface area (Å²) in [4.78, 5) is 4.91. The van der Waals surface area contributed by atoms with E-state index in [1.807, 2.05) is 12.1 Å². The average molecular weight is 263 g/mol. The summed E-state index contributed by atoms with van der Waals surface area (Å²) in [5, 5.41) is 18.0. The van der Waals surface area contributed by atoms with Crippen molar-refractivity contribution in [3.63, 3.8) is 0 Å². The number of piperazine rings is 1. The van der Waals surface area contributed by atoms with Crippen LogP contribution in [0.5, 0.6) is 0 Å². The van der Waals surface area contributed by atoms with Gasteiger partial charge in [-0.3, -0.25) is 15.3 Å². The Morgan fingerprint density at radius 3 is 2.16 bits per heavy atom. The lowest BCUT2D eigenvalue weighted by Gasteiger charge is -2.36. The highest BCUT2D eigenvalue weighted by Crippen LogP contribution is 2.30. The average Bonchev–Trinajstić information content (AvgIpc) is 3.24. The van der Waals surface area contributed by atoms with Gasteiger partial charge in [0, 0.05) is 38.4 Å². The second kappa shape index (κ2) is 5.36. The summed E-state index contributed by atoms with van der Waals surface area (Å²) >= 11 is 0. The van der Waals surface area contributed by atoms with E-state index in [0.717, 1.165) is 37.8 Å². The van der Waals surface area contributed by atoms with Crippen LogP contribution < -0.4 is 10.1 Å². The first-order valence-electron chi connectivity index (χ1n) is 6.97. The molecule has 0 aromatic heterocycles. The third-order valence-corrected chi connectivity index (χ3v) is 4.03. The minimum atomic E-state index is 0.150. The third-order valence-electron chi connectivity index (χ3n) is 4.03. The van der Waals surface area contributed by atoms with Crippen molar-refractivity contribution in [1.29, 1.82) is 0 Å². The number of benzene rings is 1. The van der Waals surface area contributed by atoms with E-state index in [4.69, 9.17) is 10.4 Å². The van der Waals surface area contributed by atoms with Gasteiger partial charge in [0.25, 0.3) is 0 Å². The van der Waals surface area contributed by atoms with Crippen LogP contribution in [0.4, 0.5) is 11.4 Å². The van der Waals surface area contributed by atoms with Crippen molar-refractivity contribution >= 4 is 11.4 Å². The smallest absolute Gasteiger partial charge is 0.0944 e. The molecule has 3 rings (SSSR count). The van der Waals surface area contributed by atoms with Crippen LogP contribution >= 0.6 is 0 Å². The Morgan fingerprint density at radius 2 is 1.63 bits per heavy atom. The normalized spacial score (nSPS) is 20.6. The topological polar surface area (TPSA) is 50.2 Å². The summed E-state index contributed by atoms with van der Waals surface area (Å²) in [7, 11) is 0. The van der Waals surface area contributed by atoms with Crippen LogP contribution in [0.3, 0.4) is 0 Å². The van der Waals surface area contributed by atoms with Crippen LogP contribution in [0.2, 0.25) is 0 Å². The van der Waals surface area contributed by atoms with Crippen LogP contribution in [-0.4, -0.2) is 48.0 Å². The Hall–Kier alpha value is -1.30. The standard InChI is InChI=1S/C14H21N3O2/c18-17(19)14-5-3-13(4-6-14)16-9-7-15(8-10-16)11-12-1-2-12/h3-6,12,18-19H,1-2,7-11H2. The van der Waals surface area contributed by atoms with E-state index in [1.165, 1.54) is 19.4 Å². The monoisotopic (exact) mass is 263 g/mol. The van der Waals surface area contributed by atoms with Gasteiger partial charge in [-0.15, -0.1) is 5.23 Å². The van der Waals surface area contributed by atoms with Gasteiger partial charge in [-0.05, 0) is 43.0 Å². The minimum absolute atomic E-state index is 0.150. The van der Waals surface area contributed by atoms with E-state index in [2.05, 4.69) is 9.80 Å². The highest BCUT2D eigenvalue weighted by Gasteiger charge is 2.26. The highest BCUT2D eigenvalue weighted by molar-refractivity contribution is 5.54. The summed E-state index contributed by atoms with van der Waals surface area (Å²) in [5.41, 5.74) is 1.53. The summed E-state index contributed by atoms with van der Waals surface area (Å²) in [6, 6.07) is 7.30. The maximum absolute atomic E-state index is 8.92. The van der Waals surface area contributed by atoms with E-state index in [1.54, 1.807) is 12.1 Å². The van der Waals surface area contributed by atoms with E-state index >= 15 is 0 Å². The molecule has 0 bridgehead atoms. The molecule has 0 amide bonds. The molecular weight excluding hydrogens is 242 g/mol. The van der Waals surface area contributed by atoms with Crippen molar-refractivity contribution < 1.29 is 10.4 Å². The van der Waals surface area contributed by atoms with Crippen molar-refractivity contribution in [2.75, 3.05) is 42.9 Å². The second-order valence-electron chi connectivity index (χ2n) is 5.54. The Labute approximate surface area is 113 Å². The number of nitrogens with zero attached hydrogens (tertiary/aromatic N) is 3. The fourth-order valence-corrected chi connectivity index (χ4v) is 2.65. The van der Waals surface area contributed by atoms with Crippen molar-refractivity contribution in [2.24, 2.45) is 5.92 Å². The summed E-state index contributed by atoms with van der Waals surface area (Å²) in [6.07, 6.45) is 2.83. The van der Waals surface area contributed by atoms with Gasteiger partial charge in [0.1, 0.15) is 0 Å². The van der Waals surface area contributed by atoms with Crippen molar-refractivity contribution in [3.8, 4) is 0 Å². The van der Waals surface area contributed by atoms with Gasteiger partial charge in [0.05, 0.1) is 5.69 Å². The third kappa shape index (κ3) is 3.18. The maximum atomic E-state index is 8.92. The highest BCUT2D eigenvalue weighted by atomic mass is 16.8. The molecule has 1 heterocycles. The molecule has 2 N–H and O–H groups in total. The minimum Gasteiger partial charge on any atom is -0.369 e. The maximum Gasteiger partial charge on any atom is 0.0944 e. The molecule has 1 aliphatic heterocycles. The van der Waals surface area contributed by atoms with Crippen LogP contribution in [-0.2, 0) is 0 Å². The predicted octanol–water partition coefficient (Wildman–Crippen LogP) is 1.80. The lowest BCUT2D eigenvalue weighted by atomic mass is 10.2. The molecule has 2 aliphatic rings. The molecule has 0 spiro atoms. The number of rotatable bonds is 4. The molecule has 1 aliphatic carbocycles. The summed E-state index contributed by atoms with van der Waals surface area (Å²) in [5.74, 6) is 0.964. The lowest BCUT2D eigenvalue weighted by molar-refractivity contribution is 0.0292. The molecule has 2 fully saturated rings. The van der Waals surface area contributed by atoms with Gasteiger partial charge in [0.2, 0.25) is 0 Å². The first kappa shape index (κ1) is 12.7. The van der Waals surface area contributed by atoms with E-state index in [-0.39, 0.29) is 5.23 Å². The first-order chi connectivity index (χ1) is 9.22. The van der Waals surface area contributed by atoms with Crippen LogP contribution in [0, 0.1) is 5.92 Å². The first-order valence-corrected chi connectivity index (χ1v) is 6.97. The molecule has 19 heavy (non-hydrogen) atoms. The number of hydrogen-bond acceptors (Lipinski definition) is 5. The molecule has 0 unspecified atom stereocenters. The molecule has 1 saturated carbocycles. The largest absolute Gasteiger partial charge is 0.369 e. The molecule has 1 aromatic carbocycles. The second-order valence-corrected chi connectivity index (χ2v) is 5.54. The Balaban J connectivity index is 1.55. The number of anilines is 2. The number of hydrogen-bond donors (Lipinski definition) is 2. The Kier molecular flexibility index (Phi) is 3.59. The fraction of sp³-hybridized carbons (Fsp3) is 0.571. The molecule has 1 saturated heterocycles. The van der Waals surface area contributed by atoms with Gasteiger partial charge in [0.15, 0.2) is 0 Å². The molecule has 104 valence electrons. The molecule has 5 heteroatoms. The van der Waals surface area contributed by atoms with Crippen molar-refractivity contribution in [3.05, 3.63) is 24.3 Å². The van der Waals surface area contributed by atoms with Crippen molar-refractivity contribution in [2.45, 2.75) is 12.8 Å². The van der Waals surface area contributed by atoms with Gasteiger partial charge in [-0.25, -0.2) is 0 Å². The van der Waals surface area contributed by atoms with Gasteiger partial charge < -0.3 is 4.90 Å². The SMILES string of the molecule is ON(O)c1ccc(N2CCN(CC3CC3)CC2)cc1. The molecule has 0 atom stereocenters. The van der Waals surface area contributed by atoms with Crippen LogP contribution in [0.15, 0.2) is 24.3 Å². The van der Waals surface area contributed by atoms with Crippen LogP contribution in [0.25, 0.3) is 0 Å². The zero-order valence-electron chi connectivity index (χ0n) is 11.1. The zero-order chi connectivity index (χ0) is 13.2. The molecule has 0 radical (unpaired) electrons. The van der Waals surface area contributed by atoms with Gasteiger partial charge >= 0.3 is 0 Å². The zero-order valence-corrected chi connectivity index (χ0v) is 11.1. The molecular formula is C14H21N3O2. The lowest BCUT2D eigenvalue weighted by Crippen LogP contribution is -2.47. The van der Waals surface area contributed by atoms with E-state index in [9.17, 15) is 0 Å². The van der Waals surface area contributed by atoms with E-state index in [0.29, 0.717) is 5.69 Å². The van der Waals surface area contributed by atoms with Gasteiger partial charge in [-0.1, -0.05) is 0 Å². The summed E-state index contributed by atoms with van der Waals surface area (Å²) in [6.45, 7) is 5.63. The Morgan fingerprint density at radius 1 is 1.00 bits per heavy atom.